The smallest absolute Gasteiger partial charge is 0.123 e. The lowest BCUT2D eigenvalue weighted by molar-refractivity contribution is 0.249. The molecule has 0 amide bonds. The lowest BCUT2D eigenvalue weighted by Crippen LogP contribution is -2.26. The topological polar surface area (TPSA) is 54.5 Å². The number of methoxy groups -OCH3 is 1. The molecule has 0 aliphatic carbocycles. The number of rotatable bonds is 3. The van der Waals surface area contributed by atoms with Crippen molar-refractivity contribution in [1.29, 1.82) is 0 Å². The van der Waals surface area contributed by atoms with Crippen LogP contribution in [0.4, 0.5) is 0 Å². The zero-order valence-corrected chi connectivity index (χ0v) is 16.5. The van der Waals surface area contributed by atoms with Gasteiger partial charge in [0.2, 0.25) is 0 Å². The van der Waals surface area contributed by atoms with E-state index in [4.69, 9.17) is 9.47 Å². The maximum Gasteiger partial charge on any atom is 0.123 e. The highest BCUT2D eigenvalue weighted by Crippen LogP contribution is 2.48. The van der Waals surface area contributed by atoms with Crippen LogP contribution in [0, 0.1) is 6.92 Å². The number of fused-ring (bicyclic) bond motifs is 2. The number of nitrogens with one attached hydrogen (secondary N) is 1. The van der Waals surface area contributed by atoms with E-state index in [0.29, 0.717) is 6.61 Å². The first kappa shape index (κ1) is 17.7. The summed E-state index contributed by atoms with van der Waals surface area (Å²) in [6, 6.07) is 19.9. The van der Waals surface area contributed by atoms with Gasteiger partial charge in [0.1, 0.15) is 17.2 Å². The number of phenolic OH excluding ortho intramolecular Hbond substituents is 1. The lowest BCUT2D eigenvalue weighted by atomic mass is 9.74. The summed E-state index contributed by atoms with van der Waals surface area (Å²) in [6.45, 7) is 2.74. The first-order valence-electron chi connectivity index (χ1n) is 9.82. The second kappa shape index (κ2) is 6.89. The summed E-state index contributed by atoms with van der Waals surface area (Å²) in [7, 11) is 1.68. The maximum absolute atomic E-state index is 9.80. The highest BCUT2D eigenvalue weighted by molar-refractivity contribution is 5.85. The molecule has 2 atom stereocenters. The van der Waals surface area contributed by atoms with Crippen molar-refractivity contribution in [3.63, 3.8) is 0 Å². The molecule has 0 bridgehead atoms. The number of aromatic nitrogens is 1. The van der Waals surface area contributed by atoms with Gasteiger partial charge in [0.25, 0.3) is 0 Å². The van der Waals surface area contributed by atoms with Gasteiger partial charge in [0, 0.05) is 40.6 Å². The first-order chi connectivity index (χ1) is 14.2. The molecule has 29 heavy (non-hydrogen) atoms. The summed E-state index contributed by atoms with van der Waals surface area (Å²) in [5.41, 5.74) is 5.90. The minimum Gasteiger partial charge on any atom is -0.508 e. The third-order valence-corrected chi connectivity index (χ3v) is 5.99. The highest BCUT2D eigenvalue weighted by atomic mass is 16.5. The molecule has 146 valence electrons. The van der Waals surface area contributed by atoms with Crippen LogP contribution in [0.2, 0.25) is 0 Å². The van der Waals surface area contributed by atoms with Crippen molar-refractivity contribution in [1.82, 2.24) is 4.98 Å². The molecule has 2 heterocycles. The summed E-state index contributed by atoms with van der Waals surface area (Å²) in [5.74, 6) is 2.35. The molecule has 4 nitrogen and oxygen atoms in total. The molecular formula is C25H23NO3. The number of aromatic hydroxyl groups is 1. The SMILES string of the molecule is COc1ccc2c(C3COc4cccc(C)c4C3c3ccc(O)cc3)c[nH]c2c1. The van der Waals surface area contributed by atoms with Gasteiger partial charge in [-0.05, 0) is 53.9 Å². The Hall–Kier alpha value is -3.40. The Balaban J connectivity index is 1.69. The van der Waals surface area contributed by atoms with E-state index in [1.165, 1.54) is 27.6 Å². The fraction of sp³-hybridized carbons (Fsp3) is 0.200. The van der Waals surface area contributed by atoms with Gasteiger partial charge >= 0.3 is 0 Å². The zero-order chi connectivity index (χ0) is 20.0. The maximum atomic E-state index is 9.80. The summed E-state index contributed by atoms with van der Waals surface area (Å²) in [5, 5.41) is 11.0. The van der Waals surface area contributed by atoms with Crippen LogP contribution in [0.5, 0.6) is 17.2 Å². The van der Waals surface area contributed by atoms with Gasteiger partial charge in [-0.2, -0.15) is 0 Å². The first-order valence-corrected chi connectivity index (χ1v) is 9.82. The monoisotopic (exact) mass is 385 g/mol. The number of hydrogen-bond donors (Lipinski definition) is 2. The molecule has 4 aromatic rings. The van der Waals surface area contributed by atoms with Crippen LogP contribution in [0.1, 0.15) is 34.1 Å². The fourth-order valence-electron chi connectivity index (χ4n) is 4.57. The summed E-state index contributed by atoms with van der Waals surface area (Å²) >= 11 is 0. The molecule has 0 spiro atoms. The lowest BCUT2D eigenvalue weighted by Gasteiger charge is -2.35. The van der Waals surface area contributed by atoms with Crippen molar-refractivity contribution in [3.8, 4) is 17.2 Å². The van der Waals surface area contributed by atoms with Crippen LogP contribution < -0.4 is 9.47 Å². The minimum absolute atomic E-state index is 0.140. The molecule has 1 aliphatic rings. The largest absolute Gasteiger partial charge is 0.508 e. The van der Waals surface area contributed by atoms with Gasteiger partial charge in [-0.1, -0.05) is 24.3 Å². The van der Waals surface area contributed by atoms with Gasteiger partial charge in [-0.15, -0.1) is 0 Å². The Kier molecular flexibility index (Phi) is 4.20. The molecule has 3 aromatic carbocycles. The second-order valence-corrected chi connectivity index (χ2v) is 7.63. The highest BCUT2D eigenvalue weighted by Gasteiger charge is 2.35. The number of phenols is 1. The normalized spacial score (nSPS) is 18.3. The number of H-pyrrole nitrogens is 1. The summed E-state index contributed by atoms with van der Waals surface area (Å²) in [4.78, 5) is 3.40. The van der Waals surface area contributed by atoms with Crippen LogP contribution in [-0.4, -0.2) is 23.8 Å². The second-order valence-electron chi connectivity index (χ2n) is 7.63. The molecular weight excluding hydrogens is 362 g/mol. The Morgan fingerprint density at radius 1 is 1.07 bits per heavy atom. The summed E-state index contributed by atoms with van der Waals surface area (Å²) < 4.78 is 11.6. The van der Waals surface area contributed by atoms with Crippen molar-refractivity contribution in [2.24, 2.45) is 0 Å². The number of ether oxygens (including phenoxy) is 2. The molecule has 1 aromatic heterocycles. The quantitative estimate of drug-likeness (QED) is 0.490. The molecule has 0 saturated heterocycles. The number of aromatic amines is 1. The van der Waals surface area contributed by atoms with E-state index in [9.17, 15) is 5.11 Å². The Labute approximate surface area is 169 Å². The van der Waals surface area contributed by atoms with Crippen molar-refractivity contribution in [2.75, 3.05) is 13.7 Å². The van der Waals surface area contributed by atoms with Gasteiger partial charge in [0.15, 0.2) is 0 Å². The van der Waals surface area contributed by atoms with Gasteiger partial charge in [-0.25, -0.2) is 0 Å². The summed E-state index contributed by atoms with van der Waals surface area (Å²) in [6.07, 6.45) is 2.09. The molecule has 0 radical (unpaired) electrons. The molecule has 2 unspecified atom stereocenters. The average molecular weight is 385 g/mol. The Bertz CT molecular complexity index is 1180. The van der Waals surface area contributed by atoms with Crippen LogP contribution in [-0.2, 0) is 0 Å². The third kappa shape index (κ3) is 2.92. The standard InChI is InChI=1S/C25H23NO3/c1-15-4-3-5-23-24(15)25(16-6-8-17(27)9-7-16)21(14-29-23)20-13-26-22-12-18(28-2)10-11-19(20)22/h3-13,21,25-27H,14H2,1-2H3. The molecule has 2 N–H and O–H groups in total. The number of aryl methyl sites for hydroxylation is 1. The van der Waals surface area contributed by atoms with Crippen LogP contribution in [0.25, 0.3) is 10.9 Å². The van der Waals surface area contributed by atoms with Crippen molar-refractivity contribution >= 4 is 10.9 Å². The van der Waals surface area contributed by atoms with E-state index in [0.717, 1.165) is 17.0 Å². The van der Waals surface area contributed by atoms with Crippen LogP contribution in [0.3, 0.4) is 0 Å². The van der Waals surface area contributed by atoms with E-state index in [1.54, 1.807) is 19.2 Å². The van der Waals surface area contributed by atoms with Crippen molar-refractivity contribution < 1.29 is 14.6 Å². The predicted molar refractivity (Wildman–Crippen MR) is 114 cm³/mol. The fourth-order valence-corrected chi connectivity index (χ4v) is 4.57. The van der Waals surface area contributed by atoms with E-state index >= 15 is 0 Å². The van der Waals surface area contributed by atoms with Crippen molar-refractivity contribution in [2.45, 2.75) is 18.8 Å². The zero-order valence-electron chi connectivity index (χ0n) is 16.5. The average Bonchev–Trinajstić information content (AvgIpc) is 3.17. The Morgan fingerprint density at radius 3 is 2.69 bits per heavy atom. The Morgan fingerprint density at radius 2 is 1.90 bits per heavy atom. The molecule has 0 saturated carbocycles. The molecule has 0 fully saturated rings. The molecule has 5 rings (SSSR count). The van der Waals surface area contributed by atoms with Gasteiger partial charge < -0.3 is 19.6 Å². The predicted octanol–water partition coefficient (Wildman–Crippen LogP) is 5.50. The van der Waals surface area contributed by atoms with E-state index in [-0.39, 0.29) is 17.6 Å². The number of hydrogen-bond acceptors (Lipinski definition) is 3. The van der Waals surface area contributed by atoms with Gasteiger partial charge in [-0.3, -0.25) is 0 Å². The minimum atomic E-state index is 0.140. The van der Waals surface area contributed by atoms with E-state index < -0.39 is 0 Å². The van der Waals surface area contributed by atoms with E-state index in [1.807, 2.05) is 36.4 Å². The van der Waals surface area contributed by atoms with Gasteiger partial charge in [0.05, 0.1) is 13.7 Å². The van der Waals surface area contributed by atoms with Crippen LogP contribution in [0.15, 0.2) is 66.9 Å². The molecule has 4 heteroatoms. The van der Waals surface area contributed by atoms with Crippen LogP contribution >= 0.6 is 0 Å². The number of benzene rings is 3. The molecule has 1 aliphatic heterocycles. The van der Waals surface area contributed by atoms with E-state index in [2.05, 4.69) is 30.2 Å². The van der Waals surface area contributed by atoms with Crippen molar-refractivity contribution in [3.05, 3.63) is 89.1 Å². The third-order valence-electron chi connectivity index (χ3n) is 5.99.